The number of rotatable bonds is 4. The molecule has 0 spiro atoms. The Morgan fingerprint density at radius 2 is 2.00 bits per heavy atom. The van der Waals surface area contributed by atoms with E-state index in [2.05, 4.69) is 0 Å². The maximum atomic E-state index is 12.8. The Bertz CT molecular complexity index is 990. The molecule has 3 aromatic rings. The van der Waals surface area contributed by atoms with Crippen LogP contribution >= 0.6 is 11.6 Å². The van der Waals surface area contributed by atoms with Crippen LogP contribution in [-0.2, 0) is 4.79 Å². The normalized spacial score (nSPS) is 10.8. The quantitative estimate of drug-likeness (QED) is 0.777. The minimum atomic E-state index is -1.08. The lowest BCUT2D eigenvalue weighted by atomic mass is 10.0. The lowest BCUT2D eigenvalue weighted by molar-refractivity contribution is -0.139. The third kappa shape index (κ3) is 2.98. The molecule has 0 saturated carbocycles. The van der Waals surface area contributed by atoms with Gasteiger partial charge in [-0.15, -0.1) is 0 Å². The lowest BCUT2D eigenvalue weighted by Gasteiger charge is -2.09. The largest absolute Gasteiger partial charge is 0.482 e. The van der Waals surface area contributed by atoms with E-state index in [0.717, 1.165) is 0 Å². The van der Waals surface area contributed by atoms with Crippen molar-refractivity contribution >= 4 is 28.5 Å². The minimum absolute atomic E-state index is 0.202. The number of ether oxygens (including phenoxy) is 1. The van der Waals surface area contributed by atoms with Crippen LogP contribution in [-0.4, -0.2) is 17.7 Å². The average molecular weight is 345 g/mol. The number of hydrogen-bond acceptors (Lipinski definition) is 4. The first-order valence-electron chi connectivity index (χ1n) is 7.13. The molecule has 0 aliphatic rings. The van der Waals surface area contributed by atoms with E-state index in [0.29, 0.717) is 38.4 Å². The first kappa shape index (κ1) is 16.1. The molecule has 0 radical (unpaired) electrons. The molecule has 0 saturated heterocycles. The third-order valence-electron chi connectivity index (χ3n) is 3.57. The predicted octanol–water partition coefficient (Wildman–Crippen LogP) is 3.89. The van der Waals surface area contributed by atoms with Gasteiger partial charge in [0.25, 0.3) is 0 Å². The van der Waals surface area contributed by atoms with Gasteiger partial charge in [0.05, 0.1) is 10.9 Å². The van der Waals surface area contributed by atoms with Crippen LogP contribution in [0, 0.1) is 6.92 Å². The van der Waals surface area contributed by atoms with Gasteiger partial charge in [0, 0.05) is 16.7 Å². The van der Waals surface area contributed by atoms with Gasteiger partial charge in [0.2, 0.25) is 5.43 Å². The minimum Gasteiger partial charge on any atom is -0.482 e. The molecular formula is C18H13ClO5. The van der Waals surface area contributed by atoms with Crippen LogP contribution in [0.15, 0.2) is 51.9 Å². The standard InChI is InChI=1S/C18H13ClO5/c1-10-6-11(23-9-16(20)21)7-15-17(10)18(22)13(8-24-15)12-4-2-3-5-14(12)19/h2-8H,9H2,1H3,(H,20,21). The van der Waals surface area contributed by atoms with Crippen molar-refractivity contribution in [2.45, 2.75) is 6.92 Å². The summed E-state index contributed by atoms with van der Waals surface area (Å²) in [6.45, 7) is 1.27. The van der Waals surface area contributed by atoms with Crippen LogP contribution in [0.5, 0.6) is 5.75 Å². The Kier molecular flexibility index (Phi) is 4.27. The first-order chi connectivity index (χ1) is 11.5. The van der Waals surface area contributed by atoms with Crippen molar-refractivity contribution in [3.05, 3.63) is 63.5 Å². The van der Waals surface area contributed by atoms with Gasteiger partial charge in [-0.2, -0.15) is 0 Å². The molecule has 6 heteroatoms. The molecule has 0 atom stereocenters. The summed E-state index contributed by atoms with van der Waals surface area (Å²) in [7, 11) is 0. The van der Waals surface area contributed by atoms with Crippen LogP contribution < -0.4 is 10.2 Å². The van der Waals surface area contributed by atoms with Crippen molar-refractivity contribution in [1.82, 2.24) is 0 Å². The van der Waals surface area contributed by atoms with E-state index in [1.165, 1.54) is 12.3 Å². The highest BCUT2D eigenvalue weighted by molar-refractivity contribution is 6.33. The lowest BCUT2D eigenvalue weighted by Crippen LogP contribution is -2.10. The zero-order chi connectivity index (χ0) is 17.3. The molecule has 0 bridgehead atoms. The van der Waals surface area contributed by atoms with Crippen LogP contribution in [0.25, 0.3) is 22.1 Å². The Morgan fingerprint density at radius 1 is 1.25 bits per heavy atom. The molecule has 0 aliphatic carbocycles. The molecular weight excluding hydrogens is 332 g/mol. The van der Waals surface area contributed by atoms with Gasteiger partial charge in [-0.3, -0.25) is 4.79 Å². The number of aliphatic carboxylic acids is 1. The van der Waals surface area contributed by atoms with Gasteiger partial charge in [-0.1, -0.05) is 29.8 Å². The predicted molar refractivity (Wildman–Crippen MR) is 90.8 cm³/mol. The van der Waals surface area contributed by atoms with E-state index in [1.807, 2.05) is 0 Å². The summed E-state index contributed by atoms with van der Waals surface area (Å²) in [6.07, 6.45) is 1.35. The van der Waals surface area contributed by atoms with E-state index < -0.39 is 12.6 Å². The highest BCUT2D eigenvalue weighted by Gasteiger charge is 2.14. The highest BCUT2D eigenvalue weighted by Crippen LogP contribution is 2.29. The second-order valence-electron chi connectivity index (χ2n) is 5.25. The Morgan fingerprint density at radius 3 is 2.71 bits per heavy atom. The number of carboxylic acid groups (broad SMARTS) is 1. The number of benzene rings is 2. The number of aryl methyl sites for hydroxylation is 1. The smallest absolute Gasteiger partial charge is 0.341 e. The van der Waals surface area contributed by atoms with Crippen molar-refractivity contribution in [1.29, 1.82) is 0 Å². The van der Waals surface area contributed by atoms with E-state index >= 15 is 0 Å². The monoisotopic (exact) mass is 344 g/mol. The summed E-state index contributed by atoms with van der Waals surface area (Å²) in [5.41, 5.74) is 1.73. The van der Waals surface area contributed by atoms with Crippen LogP contribution in [0.4, 0.5) is 0 Å². The zero-order valence-electron chi connectivity index (χ0n) is 12.7. The Hall–Kier alpha value is -2.79. The van der Waals surface area contributed by atoms with Gasteiger partial charge < -0.3 is 14.3 Å². The molecule has 1 heterocycles. The van der Waals surface area contributed by atoms with E-state index in [-0.39, 0.29) is 5.43 Å². The van der Waals surface area contributed by atoms with Gasteiger partial charge in [0.15, 0.2) is 6.61 Å². The highest BCUT2D eigenvalue weighted by atomic mass is 35.5. The van der Waals surface area contributed by atoms with Crippen LogP contribution in [0.1, 0.15) is 5.56 Å². The topological polar surface area (TPSA) is 76.7 Å². The molecule has 122 valence electrons. The molecule has 5 nitrogen and oxygen atoms in total. The summed E-state index contributed by atoms with van der Waals surface area (Å²) < 4.78 is 10.7. The Balaban J connectivity index is 2.15. The molecule has 0 unspecified atom stereocenters. The van der Waals surface area contributed by atoms with Crippen molar-refractivity contribution in [2.24, 2.45) is 0 Å². The van der Waals surface area contributed by atoms with Gasteiger partial charge in [-0.05, 0) is 24.6 Å². The Labute approximate surface area is 142 Å². The number of carboxylic acids is 1. The molecule has 2 aromatic carbocycles. The fourth-order valence-electron chi connectivity index (χ4n) is 2.51. The molecule has 0 fully saturated rings. The summed E-state index contributed by atoms with van der Waals surface area (Å²) in [5, 5.41) is 9.55. The van der Waals surface area contributed by atoms with Gasteiger partial charge >= 0.3 is 5.97 Å². The number of carbonyl (C=O) groups is 1. The van der Waals surface area contributed by atoms with Crippen LogP contribution in [0.3, 0.4) is 0 Å². The van der Waals surface area contributed by atoms with E-state index in [1.54, 1.807) is 37.3 Å². The molecule has 0 aliphatic heterocycles. The first-order valence-corrected chi connectivity index (χ1v) is 7.51. The maximum Gasteiger partial charge on any atom is 0.341 e. The molecule has 24 heavy (non-hydrogen) atoms. The third-order valence-corrected chi connectivity index (χ3v) is 3.90. The number of hydrogen-bond donors (Lipinski definition) is 1. The van der Waals surface area contributed by atoms with Crippen LogP contribution in [0.2, 0.25) is 5.02 Å². The van der Waals surface area contributed by atoms with Gasteiger partial charge in [0.1, 0.15) is 17.6 Å². The summed E-state index contributed by atoms with van der Waals surface area (Å²) >= 11 is 6.16. The summed E-state index contributed by atoms with van der Waals surface area (Å²) in [6, 6.07) is 10.1. The molecule has 3 rings (SSSR count). The van der Waals surface area contributed by atoms with E-state index in [4.69, 9.17) is 25.9 Å². The van der Waals surface area contributed by atoms with Crippen molar-refractivity contribution in [3.63, 3.8) is 0 Å². The van der Waals surface area contributed by atoms with E-state index in [9.17, 15) is 9.59 Å². The number of fused-ring (bicyclic) bond motifs is 1. The molecule has 1 aromatic heterocycles. The maximum absolute atomic E-state index is 12.8. The van der Waals surface area contributed by atoms with Crippen molar-refractivity contribution < 1.29 is 19.1 Å². The average Bonchev–Trinajstić information content (AvgIpc) is 2.54. The molecule has 1 N–H and O–H groups in total. The fraction of sp³-hybridized carbons (Fsp3) is 0.111. The number of halogens is 1. The van der Waals surface area contributed by atoms with Gasteiger partial charge in [-0.25, -0.2) is 4.79 Å². The molecule has 0 amide bonds. The second-order valence-corrected chi connectivity index (χ2v) is 5.66. The van der Waals surface area contributed by atoms with Crippen molar-refractivity contribution in [2.75, 3.05) is 6.61 Å². The van der Waals surface area contributed by atoms with Crippen molar-refractivity contribution in [3.8, 4) is 16.9 Å². The zero-order valence-corrected chi connectivity index (χ0v) is 13.5. The summed E-state index contributed by atoms with van der Waals surface area (Å²) in [5.74, 6) is -0.751. The SMILES string of the molecule is Cc1cc(OCC(=O)O)cc2occ(-c3ccccc3Cl)c(=O)c12. The summed E-state index contributed by atoms with van der Waals surface area (Å²) in [4.78, 5) is 23.4. The second kappa shape index (κ2) is 6.37. The fourth-order valence-corrected chi connectivity index (χ4v) is 2.75.